The lowest BCUT2D eigenvalue weighted by Gasteiger charge is -2.37. The third kappa shape index (κ3) is 4.82. The summed E-state index contributed by atoms with van der Waals surface area (Å²) < 4.78 is 41.7. The van der Waals surface area contributed by atoms with Crippen LogP contribution in [-0.4, -0.2) is 28.1 Å². The van der Waals surface area contributed by atoms with Crippen molar-refractivity contribution >= 4 is 11.6 Å². The maximum Gasteiger partial charge on any atom is 0.471 e. The fourth-order valence-electron chi connectivity index (χ4n) is 3.41. The number of rotatable bonds is 6. The van der Waals surface area contributed by atoms with Crippen molar-refractivity contribution in [2.75, 3.05) is 11.9 Å². The van der Waals surface area contributed by atoms with Gasteiger partial charge in [0.05, 0.1) is 0 Å². The highest BCUT2D eigenvalue weighted by Crippen LogP contribution is 2.32. The number of hydrogen-bond acceptors (Lipinski definition) is 5. The molecule has 0 atom stereocenters. The van der Waals surface area contributed by atoms with E-state index in [1.165, 1.54) is 0 Å². The minimum absolute atomic E-state index is 0.0614. The molecule has 0 bridgehead atoms. The summed E-state index contributed by atoms with van der Waals surface area (Å²) >= 11 is 0. The van der Waals surface area contributed by atoms with E-state index >= 15 is 0 Å². The summed E-state index contributed by atoms with van der Waals surface area (Å²) in [6, 6.07) is 7.84. The summed E-state index contributed by atoms with van der Waals surface area (Å²) in [6.45, 7) is 2.13. The van der Waals surface area contributed by atoms with Gasteiger partial charge in [-0.1, -0.05) is 42.1 Å². The summed E-state index contributed by atoms with van der Waals surface area (Å²) in [7, 11) is 0. The Morgan fingerprint density at radius 2 is 1.86 bits per heavy atom. The quantitative estimate of drug-likeness (QED) is 0.775. The lowest BCUT2D eigenvalue weighted by Crippen LogP contribution is -2.54. The number of aryl methyl sites for hydroxylation is 1. The highest BCUT2D eigenvalue weighted by atomic mass is 19.4. The number of alkyl halides is 3. The smallest absolute Gasteiger partial charge is 0.371 e. The zero-order chi connectivity index (χ0) is 20.2. The number of anilines is 1. The molecule has 0 spiro atoms. The largest absolute Gasteiger partial charge is 0.471 e. The van der Waals surface area contributed by atoms with Gasteiger partial charge in [-0.3, -0.25) is 4.79 Å². The van der Waals surface area contributed by atoms with Gasteiger partial charge in [0.1, 0.15) is 5.54 Å². The fraction of sp³-hybridized carbons (Fsp3) is 0.526. The lowest BCUT2D eigenvalue weighted by atomic mass is 9.80. The fourth-order valence-corrected chi connectivity index (χ4v) is 3.41. The number of carbonyl (C=O) groups excluding carboxylic acids is 1. The standard InChI is InChI=1S/C19H23F3N4O2/c1-13-5-7-14(8-6-13)25-18(10-3-2-4-11-18)16(27)23-12-9-15-24-17(28-26-15)19(20,21)22/h5-8,25H,2-4,9-12H2,1H3,(H,23,27). The summed E-state index contributed by atoms with van der Waals surface area (Å²) in [5, 5.41) is 9.51. The van der Waals surface area contributed by atoms with Crippen LogP contribution >= 0.6 is 0 Å². The summed E-state index contributed by atoms with van der Waals surface area (Å²) in [5.74, 6) is -1.62. The second-order valence-electron chi connectivity index (χ2n) is 7.15. The van der Waals surface area contributed by atoms with Crippen LogP contribution in [0.5, 0.6) is 0 Å². The SMILES string of the molecule is Cc1ccc(NC2(C(=O)NCCc3noc(C(F)(F)F)n3)CCCCC2)cc1. The third-order valence-corrected chi connectivity index (χ3v) is 4.92. The molecule has 2 aromatic rings. The first-order chi connectivity index (χ1) is 13.3. The molecule has 0 unspecified atom stereocenters. The molecule has 1 saturated carbocycles. The molecule has 0 radical (unpaired) electrons. The van der Waals surface area contributed by atoms with Gasteiger partial charge in [-0.2, -0.15) is 18.2 Å². The number of carbonyl (C=O) groups is 1. The van der Waals surface area contributed by atoms with Crippen molar-refractivity contribution in [2.24, 2.45) is 0 Å². The van der Waals surface area contributed by atoms with Crippen LogP contribution in [0.25, 0.3) is 0 Å². The molecule has 1 heterocycles. The molecule has 1 aromatic carbocycles. The van der Waals surface area contributed by atoms with Gasteiger partial charge in [0, 0.05) is 18.7 Å². The minimum atomic E-state index is -4.67. The van der Waals surface area contributed by atoms with Gasteiger partial charge in [0.25, 0.3) is 0 Å². The van der Waals surface area contributed by atoms with Gasteiger partial charge in [-0.05, 0) is 31.9 Å². The van der Waals surface area contributed by atoms with Crippen LogP contribution in [0.15, 0.2) is 28.8 Å². The molecule has 1 amide bonds. The van der Waals surface area contributed by atoms with Crippen molar-refractivity contribution in [3.63, 3.8) is 0 Å². The van der Waals surface area contributed by atoms with Crippen LogP contribution in [-0.2, 0) is 17.4 Å². The van der Waals surface area contributed by atoms with Crippen molar-refractivity contribution < 1.29 is 22.5 Å². The molecule has 1 aromatic heterocycles. The summed E-state index contributed by atoms with van der Waals surface area (Å²) in [5.41, 5.74) is 1.28. The minimum Gasteiger partial charge on any atom is -0.371 e. The van der Waals surface area contributed by atoms with E-state index in [4.69, 9.17) is 0 Å². The molecular formula is C19H23F3N4O2. The predicted molar refractivity (Wildman–Crippen MR) is 96.6 cm³/mol. The summed E-state index contributed by atoms with van der Waals surface area (Å²) in [6.07, 6.45) is -0.253. The van der Waals surface area contributed by atoms with Gasteiger partial charge >= 0.3 is 12.1 Å². The van der Waals surface area contributed by atoms with Gasteiger partial charge in [0.2, 0.25) is 5.91 Å². The number of hydrogen-bond donors (Lipinski definition) is 2. The Morgan fingerprint density at radius 1 is 1.18 bits per heavy atom. The first-order valence-electron chi connectivity index (χ1n) is 9.31. The molecule has 28 heavy (non-hydrogen) atoms. The zero-order valence-corrected chi connectivity index (χ0v) is 15.6. The van der Waals surface area contributed by atoms with Crippen LogP contribution in [0.4, 0.5) is 18.9 Å². The van der Waals surface area contributed by atoms with Gasteiger partial charge in [0.15, 0.2) is 5.82 Å². The number of aromatic nitrogens is 2. The number of benzene rings is 1. The van der Waals surface area contributed by atoms with E-state index < -0.39 is 17.6 Å². The first-order valence-corrected chi connectivity index (χ1v) is 9.31. The van der Waals surface area contributed by atoms with E-state index in [9.17, 15) is 18.0 Å². The molecule has 152 valence electrons. The van der Waals surface area contributed by atoms with E-state index in [1.807, 2.05) is 31.2 Å². The van der Waals surface area contributed by atoms with Crippen molar-refractivity contribution in [1.82, 2.24) is 15.5 Å². The van der Waals surface area contributed by atoms with Crippen LogP contribution in [0.1, 0.15) is 49.4 Å². The highest BCUT2D eigenvalue weighted by Gasteiger charge is 2.40. The van der Waals surface area contributed by atoms with Gasteiger partial charge in [-0.25, -0.2) is 0 Å². The maximum absolute atomic E-state index is 12.9. The van der Waals surface area contributed by atoms with E-state index in [0.717, 1.165) is 30.5 Å². The molecule has 9 heteroatoms. The van der Waals surface area contributed by atoms with Crippen molar-refractivity contribution in [2.45, 2.75) is 57.2 Å². The number of nitrogens with one attached hydrogen (secondary N) is 2. The zero-order valence-electron chi connectivity index (χ0n) is 15.6. The molecule has 0 saturated heterocycles. The second kappa shape index (κ2) is 8.20. The normalized spacial score (nSPS) is 16.6. The van der Waals surface area contributed by atoms with Crippen LogP contribution < -0.4 is 10.6 Å². The second-order valence-corrected chi connectivity index (χ2v) is 7.15. The Kier molecular flexibility index (Phi) is 5.90. The van der Waals surface area contributed by atoms with E-state index in [-0.39, 0.29) is 24.7 Å². The molecule has 6 nitrogen and oxygen atoms in total. The molecular weight excluding hydrogens is 373 g/mol. The van der Waals surface area contributed by atoms with E-state index in [0.29, 0.717) is 12.8 Å². The van der Waals surface area contributed by atoms with Crippen molar-refractivity contribution in [3.8, 4) is 0 Å². The monoisotopic (exact) mass is 396 g/mol. The topological polar surface area (TPSA) is 80.0 Å². The predicted octanol–water partition coefficient (Wildman–Crippen LogP) is 3.87. The van der Waals surface area contributed by atoms with Crippen LogP contribution in [0.2, 0.25) is 0 Å². The van der Waals surface area contributed by atoms with Crippen molar-refractivity contribution in [3.05, 3.63) is 41.5 Å². The summed E-state index contributed by atoms with van der Waals surface area (Å²) in [4.78, 5) is 16.2. The van der Waals surface area contributed by atoms with Gasteiger partial charge < -0.3 is 15.2 Å². The molecule has 1 aliphatic rings. The lowest BCUT2D eigenvalue weighted by molar-refractivity contribution is -0.159. The molecule has 2 N–H and O–H groups in total. The average molecular weight is 396 g/mol. The maximum atomic E-state index is 12.9. The molecule has 1 aliphatic carbocycles. The molecule has 1 fully saturated rings. The third-order valence-electron chi connectivity index (χ3n) is 4.92. The van der Waals surface area contributed by atoms with Crippen LogP contribution in [0, 0.1) is 6.92 Å². The Balaban J connectivity index is 1.61. The van der Waals surface area contributed by atoms with Crippen LogP contribution in [0.3, 0.4) is 0 Å². The Labute approximate surface area is 160 Å². The van der Waals surface area contributed by atoms with E-state index in [1.54, 1.807) is 0 Å². The molecule has 3 rings (SSSR count). The van der Waals surface area contributed by atoms with E-state index in [2.05, 4.69) is 25.3 Å². The Hall–Kier alpha value is -2.58. The number of nitrogens with zero attached hydrogens (tertiary/aromatic N) is 2. The van der Waals surface area contributed by atoms with Crippen molar-refractivity contribution in [1.29, 1.82) is 0 Å². The average Bonchev–Trinajstić information content (AvgIpc) is 3.14. The Bertz CT molecular complexity index is 796. The van der Waals surface area contributed by atoms with Gasteiger partial charge in [-0.15, -0.1) is 0 Å². The molecule has 0 aliphatic heterocycles. The first kappa shape index (κ1) is 20.2. The number of halogens is 3. The highest BCUT2D eigenvalue weighted by molar-refractivity contribution is 5.89. The number of amides is 1. The Morgan fingerprint density at radius 3 is 2.46 bits per heavy atom.